The molecule has 0 bridgehead atoms. The second kappa shape index (κ2) is 5.81. The van der Waals surface area contributed by atoms with Gasteiger partial charge in [-0.05, 0) is 35.9 Å². The lowest BCUT2D eigenvalue weighted by atomic mass is 10.1. The Morgan fingerprint density at radius 2 is 2.24 bits per heavy atom. The number of hydrogen-bond donors (Lipinski definition) is 0. The lowest BCUT2D eigenvalue weighted by molar-refractivity contribution is 0.0727. The van der Waals surface area contributed by atoms with Gasteiger partial charge in [0.15, 0.2) is 0 Å². The first kappa shape index (κ1) is 14.0. The summed E-state index contributed by atoms with van der Waals surface area (Å²) in [5, 5.41) is 6.26. The minimum atomic E-state index is -0.160. The molecule has 0 radical (unpaired) electrons. The molecule has 2 aromatic rings. The van der Waals surface area contributed by atoms with Crippen LogP contribution < -0.4 is 5.56 Å². The molecule has 1 aliphatic heterocycles. The number of carbonyl (C=O) groups excluding carboxylic acids is 1. The third kappa shape index (κ3) is 2.76. The fraction of sp³-hybridized carbons (Fsp3) is 0.400. The molecule has 6 heteroatoms. The number of fused-ring (bicyclic) bond motifs is 1. The molecule has 1 aliphatic rings. The van der Waals surface area contributed by atoms with Crippen LogP contribution in [0.15, 0.2) is 28.4 Å². The molecule has 2 aromatic heterocycles. The summed E-state index contributed by atoms with van der Waals surface area (Å²) < 4.78 is 1.37. The van der Waals surface area contributed by atoms with E-state index in [1.807, 2.05) is 6.92 Å². The van der Waals surface area contributed by atoms with Crippen molar-refractivity contribution in [3.05, 3.63) is 50.1 Å². The Labute approximate surface area is 126 Å². The highest BCUT2D eigenvalue weighted by molar-refractivity contribution is 7.10. The average Bonchev–Trinajstić information content (AvgIpc) is 2.96. The maximum absolute atomic E-state index is 12.6. The van der Waals surface area contributed by atoms with Gasteiger partial charge in [-0.3, -0.25) is 9.59 Å². The van der Waals surface area contributed by atoms with Crippen molar-refractivity contribution in [2.75, 3.05) is 6.54 Å². The number of thiophene rings is 1. The van der Waals surface area contributed by atoms with Gasteiger partial charge in [-0.1, -0.05) is 6.92 Å². The highest BCUT2D eigenvalue weighted by Gasteiger charge is 2.23. The van der Waals surface area contributed by atoms with E-state index < -0.39 is 0 Å². The highest BCUT2D eigenvalue weighted by atomic mass is 32.1. The number of aromatic nitrogens is 2. The molecule has 0 atom stereocenters. The summed E-state index contributed by atoms with van der Waals surface area (Å²) in [4.78, 5) is 27.4. The van der Waals surface area contributed by atoms with Gasteiger partial charge in [0.1, 0.15) is 5.69 Å². The number of amides is 1. The van der Waals surface area contributed by atoms with Crippen LogP contribution in [-0.4, -0.2) is 27.1 Å². The molecule has 5 nitrogen and oxygen atoms in total. The molecule has 0 aromatic carbocycles. The van der Waals surface area contributed by atoms with E-state index in [1.54, 1.807) is 16.2 Å². The number of hydrogen-bond acceptors (Lipinski definition) is 4. The van der Waals surface area contributed by atoms with E-state index in [2.05, 4.69) is 16.5 Å². The Kier molecular flexibility index (Phi) is 3.88. The normalized spacial score (nSPS) is 14.0. The molecule has 21 heavy (non-hydrogen) atoms. The summed E-state index contributed by atoms with van der Waals surface area (Å²) in [5.74, 6) is -0.100. The van der Waals surface area contributed by atoms with Gasteiger partial charge in [-0.15, -0.1) is 11.3 Å². The van der Waals surface area contributed by atoms with Gasteiger partial charge in [0, 0.05) is 30.6 Å². The molecule has 0 spiro atoms. The summed E-state index contributed by atoms with van der Waals surface area (Å²) in [5.41, 5.74) is 1.41. The van der Waals surface area contributed by atoms with Crippen LogP contribution in [0.2, 0.25) is 0 Å². The van der Waals surface area contributed by atoms with Crippen molar-refractivity contribution < 1.29 is 4.79 Å². The van der Waals surface area contributed by atoms with Crippen molar-refractivity contribution in [3.63, 3.8) is 0 Å². The fourth-order valence-corrected chi connectivity index (χ4v) is 3.41. The predicted octanol–water partition coefficient (Wildman–Crippen LogP) is 1.91. The zero-order valence-electron chi connectivity index (χ0n) is 11.9. The summed E-state index contributed by atoms with van der Waals surface area (Å²) >= 11 is 1.75. The topological polar surface area (TPSA) is 55.2 Å². The van der Waals surface area contributed by atoms with Gasteiger partial charge in [-0.25, -0.2) is 4.68 Å². The van der Waals surface area contributed by atoms with E-state index in [0.29, 0.717) is 25.3 Å². The largest absolute Gasteiger partial charge is 0.333 e. The van der Waals surface area contributed by atoms with Crippen LogP contribution >= 0.6 is 11.3 Å². The zero-order chi connectivity index (χ0) is 14.8. The first-order valence-corrected chi connectivity index (χ1v) is 7.99. The van der Waals surface area contributed by atoms with E-state index in [9.17, 15) is 9.59 Å². The van der Waals surface area contributed by atoms with Gasteiger partial charge in [0.05, 0.1) is 0 Å². The maximum atomic E-state index is 12.6. The number of nitrogens with zero attached hydrogens (tertiary/aromatic N) is 3. The van der Waals surface area contributed by atoms with Crippen molar-refractivity contribution in [3.8, 4) is 0 Å². The quantitative estimate of drug-likeness (QED) is 0.870. The molecule has 0 unspecified atom stereocenters. The zero-order valence-corrected chi connectivity index (χ0v) is 12.7. The molecule has 0 N–H and O–H groups in total. The molecule has 0 saturated carbocycles. The van der Waals surface area contributed by atoms with E-state index in [1.165, 1.54) is 27.3 Å². The minimum Gasteiger partial charge on any atom is -0.333 e. The SMILES string of the molecule is CCCn1nc(C(=O)N2CCc3sccc3C2)ccc1=O. The number of carbonyl (C=O) groups is 1. The fourth-order valence-electron chi connectivity index (χ4n) is 2.52. The molecule has 110 valence electrons. The van der Waals surface area contributed by atoms with Crippen molar-refractivity contribution in [2.24, 2.45) is 0 Å². The summed E-state index contributed by atoms with van der Waals surface area (Å²) in [7, 11) is 0. The molecule has 3 heterocycles. The standard InChI is InChI=1S/C15H17N3O2S/c1-2-7-18-14(19)4-3-12(16-18)15(20)17-8-5-13-11(10-17)6-9-21-13/h3-4,6,9H,2,5,7-8,10H2,1H3. The van der Waals surface area contributed by atoms with Gasteiger partial charge in [-0.2, -0.15) is 5.10 Å². The molecular formula is C15H17N3O2S. The predicted molar refractivity (Wildman–Crippen MR) is 81.6 cm³/mol. The minimum absolute atomic E-state index is 0.100. The first-order chi connectivity index (χ1) is 10.2. The van der Waals surface area contributed by atoms with E-state index in [4.69, 9.17) is 0 Å². The lowest BCUT2D eigenvalue weighted by Gasteiger charge is -2.26. The second-order valence-corrected chi connectivity index (χ2v) is 6.13. The van der Waals surface area contributed by atoms with Crippen molar-refractivity contribution in [1.29, 1.82) is 0 Å². The van der Waals surface area contributed by atoms with E-state index in [0.717, 1.165) is 12.8 Å². The molecular weight excluding hydrogens is 286 g/mol. The van der Waals surface area contributed by atoms with Crippen LogP contribution in [0.3, 0.4) is 0 Å². The van der Waals surface area contributed by atoms with Crippen LogP contribution in [0.25, 0.3) is 0 Å². The Balaban J connectivity index is 1.83. The molecule has 0 aliphatic carbocycles. The third-order valence-electron chi connectivity index (χ3n) is 3.62. The Morgan fingerprint density at radius 3 is 3.05 bits per heavy atom. The summed E-state index contributed by atoms with van der Waals surface area (Å²) in [6.45, 7) is 3.85. The van der Waals surface area contributed by atoms with Crippen molar-refractivity contribution in [2.45, 2.75) is 32.9 Å². The van der Waals surface area contributed by atoms with Crippen LogP contribution in [0.1, 0.15) is 34.3 Å². The Morgan fingerprint density at radius 1 is 1.38 bits per heavy atom. The van der Waals surface area contributed by atoms with Gasteiger partial charge in [0.2, 0.25) is 0 Å². The van der Waals surface area contributed by atoms with Crippen LogP contribution in [0, 0.1) is 0 Å². The molecule has 1 amide bonds. The van der Waals surface area contributed by atoms with Gasteiger partial charge in [0.25, 0.3) is 11.5 Å². The molecule has 0 saturated heterocycles. The number of rotatable bonds is 3. The molecule has 3 rings (SSSR count). The lowest BCUT2D eigenvalue weighted by Crippen LogP contribution is -2.37. The Bertz CT molecular complexity index is 720. The third-order valence-corrected chi connectivity index (χ3v) is 4.64. The van der Waals surface area contributed by atoms with Crippen molar-refractivity contribution >= 4 is 17.2 Å². The highest BCUT2D eigenvalue weighted by Crippen LogP contribution is 2.24. The molecule has 0 fully saturated rings. The van der Waals surface area contributed by atoms with E-state index >= 15 is 0 Å². The Hall–Kier alpha value is -1.95. The second-order valence-electron chi connectivity index (χ2n) is 5.13. The van der Waals surface area contributed by atoms with Crippen molar-refractivity contribution in [1.82, 2.24) is 14.7 Å². The summed E-state index contributed by atoms with van der Waals surface area (Å²) in [6.07, 6.45) is 1.71. The van der Waals surface area contributed by atoms with Gasteiger partial charge < -0.3 is 4.90 Å². The average molecular weight is 303 g/mol. The van der Waals surface area contributed by atoms with Crippen LogP contribution in [-0.2, 0) is 19.5 Å². The maximum Gasteiger partial charge on any atom is 0.274 e. The smallest absolute Gasteiger partial charge is 0.274 e. The number of aryl methyl sites for hydroxylation is 1. The van der Waals surface area contributed by atoms with E-state index in [-0.39, 0.29) is 11.5 Å². The van der Waals surface area contributed by atoms with Crippen LogP contribution in [0.4, 0.5) is 0 Å². The monoisotopic (exact) mass is 303 g/mol. The van der Waals surface area contributed by atoms with Crippen LogP contribution in [0.5, 0.6) is 0 Å². The first-order valence-electron chi connectivity index (χ1n) is 7.11. The summed E-state index contributed by atoms with van der Waals surface area (Å²) in [6, 6.07) is 5.03. The van der Waals surface area contributed by atoms with Gasteiger partial charge >= 0.3 is 0 Å².